The zero-order chi connectivity index (χ0) is 23.9. The number of pyridine rings is 1. The average molecular weight is 505 g/mol. The van der Waals surface area contributed by atoms with Gasteiger partial charge in [0.2, 0.25) is 5.44 Å². The molecular formula is C19H16ClF3N4O5S. The van der Waals surface area contributed by atoms with E-state index in [1.807, 2.05) is 0 Å². The molecule has 1 aromatic carbocycles. The zero-order valence-corrected chi connectivity index (χ0v) is 18.0. The molecule has 0 amide bonds. The van der Waals surface area contributed by atoms with E-state index in [0.29, 0.717) is 12.1 Å². The van der Waals surface area contributed by atoms with Crippen molar-refractivity contribution in [3.63, 3.8) is 0 Å². The van der Waals surface area contributed by atoms with Crippen LogP contribution in [0.5, 0.6) is 0 Å². The van der Waals surface area contributed by atoms with Crippen molar-refractivity contribution in [2.75, 3.05) is 6.61 Å². The lowest BCUT2D eigenvalue weighted by Crippen LogP contribution is -2.58. The number of hydrogen-bond donors (Lipinski definition) is 3. The standard InChI is InChI=1S/C19H16ClF3N4O5S/c20-9-3-10(5-24-4-9)33(31)19-18(30)16(17(29)14(7-28)32-19)27-6-13(25-26-27)8-1-11(21)15(23)12(22)2-8/h1-6,14,16-19,28-30H,7H2/t14-,16+,17+,18-,19-,33-/m1/s1. The summed E-state index contributed by atoms with van der Waals surface area (Å²) in [5.41, 5.74) is -1.65. The van der Waals surface area contributed by atoms with Gasteiger partial charge in [0, 0.05) is 29.0 Å². The highest BCUT2D eigenvalue weighted by atomic mass is 35.5. The molecule has 9 nitrogen and oxygen atoms in total. The van der Waals surface area contributed by atoms with Crippen molar-refractivity contribution in [1.29, 1.82) is 0 Å². The van der Waals surface area contributed by atoms with Crippen LogP contribution in [0.3, 0.4) is 0 Å². The van der Waals surface area contributed by atoms with E-state index in [9.17, 15) is 33.0 Å². The van der Waals surface area contributed by atoms with E-state index >= 15 is 0 Å². The molecule has 1 aliphatic heterocycles. The summed E-state index contributed by atoms with van der Waals surface area (Å²) in [7, 11) is 0. The number of nitrogens with zero attached hydrogens (tertiary/aromatic N) is 4. The topological polar surface area (TPSA) is 137 Å². The maximum Gasteiger partial charge on any atom is 0.250 e. The number of aliphatic hydroxyl groups excluding tert-OH is 3. The number of aliphatic hydroxyl groups is 3. The van der Waals surface area contributed by atoms with Gasteiger partial charge in [-0.25, -0.2) is 17.9 Å². The molecule has 3 N–H and O–H groups in total. The molecule has 1 saturated heterocycles. The van der Waals surface area contributed by atoms with Crippen molar-refractivity contribution in [1.82, 2.24) is 20.0 Å². The molecule has 6 atom stereocenters. The van der Waals surface area contributed by atoms with Gasteiger partial charge in [0.05, 0.1) is 24.0 Å². The molecule has 1 aliphatic rings. The van der Waals surface area contributed by atoms with Gasteiger partial charge in [0.1, 0.15) is 23.9 Å². The van der Waals surface area contributed by atoms with Crippen molar-refractivity contribution in [2.45, 2.75) is 34.7 Å². The van der Waals surface area contributed by atoms with Crippen LogP contribution in [0.15, 0.2) is 41.7 Å². The Labute approximate surface area is 192 Å². The van der Waals surface area contributed by atoms with Crippen molar-refractivity contribution in [2.24, 2.45) is 0 Å². The number of rotatable bonds is 5. The van der Waals surface area contributed by atoms with Crippen LogP contribution in [0.4, 0.5) is 13.2 Å². The molecule has 0 unspecified atom stereocenters. The summed E-state index contributed by atoms with van der Waals surface area (Å²) in [4.78, 5) is 3.97. The van der Waals surface area contributed by atoms with E-state index < -0.39 is 65.0 Å². The third kappa shape index (κ3) is 4.57. The van der Waals surface area contributed by atoms with Crippen LogP contribution < -0.4 is 0 Å². The molecule has 33 heavy (non-hydrogen) atoms. The van der Waals surface area contributed by atoms with Crippen LogP contribution in [0.25, 0.3) is 11.3 Å². The highest BCUT2D eigenvalue weighted by Crippen LogP contribution is 2.35. The number of ether oxygens (including phenoxy) is 1. The maximum absolute atomic E-state index is 13.6. The first-order chi connectivity index (χ1) is 15.7. The van der Waals surface area contributed by atoms with Crippen LogP contribution in [0.1, 0.15) is 6.04 Å². The molecule has 0 aliphatic carbocycles. The first-order valence-electron chi connectivity index (χ1n) is 9.41. The Morgan fingerprint density at radius 3 is 2.45 bits per heavy atom. The lowest BCUT2D eigenvalue weighted by molar-refractivity contribution is -0.180. The predicted octanol–water partition coefficient (Wildman–Crippen LogP) is 1.20. The Balaban J connectivity index is 1.67. The van der Waals surface area contributed by atoms with Crippen molar-refractivity contribution < 1.29 is 37.8 Å². The van der Waals surface area contributed by atoms with Gasteiger partial charge in [-0.1, -0.05) is 16.8 Å². The Kier molecular flexibility index (Phi) is 6.91. The van der Waals surface area contributed by atoms with E-state index in [0.717, 1.165) is 10.9 Å². The second-order valence-electron chi connectivity index (χ2n) is 7.17. The molecule has 0 spiro atoms. The van der Waals surface area contributed by atoms with E-state index in [4.69, 9.17) is 16.3 Å². The van der Waals surface area contributed by atoms with Gasteiger partial charge < -0.3 is 24.6 Å². The SMILES string of the molecule is [O-][S@+](c1cncc(Cl)c1)[C@H]1O[C@H](CO)[C@H](O)[C@H](n2cc(-c3cc(F)c(F)c(F)c3)nn2)[C@H]1O. The Morgan fingerprint density at radius 2 is 1.82 bits per heavy atom. The summed E-state index contributed by atoms with van der Waals surface area (Å²) in [5, 5.41) is 38.9. The highest BCUT2D eigenvalue weighted by molar-refractivity contribution is 7.92. The van der Waals surface area contributed by atoms with Gasteiger partial charge in [0.25, 0.3) is 0 Å². The van der Waals surface area contributed by atoms with Crippen molar-refractivity contribution >= 4 is 22.8 Å². The van der Waals surface area contributed by atoms with Crippen molar-refractivity contribution in [3.05, 3.63) is 59.3 Å². The third-order valence-corrected chi connectivity index (χ3v) is 6.77. The fourth-order valence-corrected chi connectivity index (χ4v) is 5.02. The second kappa shape index (κ2) is 9.54. The second-order valence-corrected chi connectivity index (χ2v) is 9.14. The molecule has 14 heteroatoms. The Hall–Kier alpha value is -2.26. The summed E-state index contributed by atoms with van der Waals surface area (Å²) >= 11 is 3.86. The molecule has 0 radical (unpaired) electrons. The lowest BCUT2D eigenvalue weighted by atomic mass is 9.97. The van der Waals surface area contributed by atoms with E-state index in [2.05, 4.69) is 15.3 Å². The largest absolute Gasteiger partial charge is 0.609 e. The summed E-state index contributed by atoms with van der Waals surface area (Å²) in [6, 6.07) is 1.47. The van der Waals surface area contributed by atoms with E-state index in [1.54, 1.807) is 0 Å². The molecule has 2 aromatic heterocycles. The molecule has 0 bridgehead atoms. The first-order valence-corrected chi connectivity index (χ1v) is 11.0. The molecule has 176 valence electrons. The van der Waals surface area contributed by atoms with E-state index in [1.165, 1.54) is 18.5 Å². The predicted molar refractivity (Wildman–Crippen MR) is 108 cm³/mol. The summed E-state index contributed by atoms with van der Waals surface area (Å²) in [6.45, 7) is -0.679. The lowest BCUT2D eigenvalue weighted by Gasteiger charge is -2.41. The third-order valence-electron chi connectivity index (χ3n) is 5.07. The van der Waals surface area contributed by atoms with Gasteiger partial charge >= 0.3 is 0 Å². The molecular weight excluding hydrogens is 489 g/mol. The fourth-order valence-electron chi connectivity index (χ4n) is 3.45. The molecule has 4 rings (SSSR count). The Bertz CT molecular complexity index is 1140. The Morgan fingerprint density at radius 1 is 1.12 bits per heavy atom. The normalized spacial score (nSPS) is 26.4. The number of halogens is 4. The van der Waals surface area contributed by atoms with Gasteiger partial charge in [-0.05, 0) is 12.1 Å². The van der Waals surface area contributed by atoms with Gasteiger partial charge in [-0.2, -0.15) is 0 Å². The number of benzene rings is 1. The monoisotopic (exact) mass is 504 g/mol. The van der Waals surface area contributed by atoms with Crippen LogP contribution in [0, 0.1) is 17.5 Å². The minimum Gasteiger partial charge on any atom is -0.609 e. The summed E-state index contributed by atoms with van der Waals surface area (Å²) < 4.78 is 60.0. The van der Waals surface area contributed by atoms with Gasteiger partial charge in [-0.3, -0.25) is 4.98 Å². The quantitative estimate of drug-likeness (QED) is 0.348. The fraction of sp³-hybridized carbons (Fsp3) is 0.316. The average Bonchev–Trinajstić information content (AvgIpc) is 3.27. The zero-order valence-electron chi connectivity index (χ0n) is 16.4. The van der Waals surface area contributed by atoms with Crippen LogP contribution >= 0.6 is 11.6 Å². The highest BCUT2D eigenvalue weighted by Gasteiger charge is 2.51. The van der Waals surface area contributed by atoms with E-state index in [-0.39, 0.29) is 21.2 Å². The summed E-state index contributed by atoms with van der Waals surface area (Å²) in [6.07, 6.45) is -0.665. The number of aromatic nitrogens is 4. The number of hydrogen-bond acceptors (Lipinski definition) is 8. The summed E-state index contributed by atoms with van der Waals surface area (Å²) in [5.74, 6) is -4.51. The smallest absolute Gasteiger partial charge is 0.250 e. The van der Waals surface area contributed by atoms with Crippen LogP contribution in [-0.4, -0.2) is 70.2 Å². The molecule has 0 saturated carbocycles. The molecule has 3 aromatic rings. The minimum atomic E-state index is -2.02. The van der Waals surface area contributed by atoms with Gasteiger partial charge in [0.15, 0.2) is 28.5 Å². The molecule has 3 heterocycles. The van der Waals surface area contributed by atoms with Crippen LogP contribution in [-0.2, 0) is 15.9 Å². The molecule has 1 fully saturated rings. The van der Waals surface area contributed by atoms with Crippen LogP contribution in [0.2, 0.25) is 5.02 Å². The van der Waals surface area contributed by atoms with Gasteiger partial charge in [-0.15, -0.1) is 5.10 Å². The van der Waals surface area contributed by atoms with Crippen molar-refractivity contribution in [3.8, 4) is 11.3 Å². The first kappa shape index (κ1) is 23.9. The minimum absolute atomic E-state index is 0.0871. The maximum atomic E-state index is 13.6.